The maximum atomic E-state index is 12.9. The van der Waals surface area contributed by atoms with Crippen molar-refractivity contribution in [1.29, 1.82) is 0 Å². The molecule has 2 aromatic carbocycles. The van der Waals surface area contributed by atoms with Crippen molar-refractivity contribution in [2.75, 3.05) is 43.1 Å². The van der Waals surface area contributed by atoms with Crippen LogP contribution in [0.2, 0.25) is 0 Å². The van der Waals surface area contributed by atoms with E-state index in [1.165, 1.54) is 4.90 Å². The van der Waals surface area contributed by atoms with Crippen molar-refractivity contribution in [3.05, 3.63) is 54.7 Å². The van der Waals surface area contributed by atoms with Gasteiger partial charge < -0.3 is 19.7 Å². The zero-order chi connectivity index (χ0) is 20.5. The number of pyridine rings is 1. The van der Waals surface area contributed by atoms with Crippen LogP contribution in [0.3, 0.4) is 0 Å². The lowest BCUT2D eigenvalue weighted by atomic mass is 10.2. The molecule has 3 heterocycles. The highest BCUT2D eigenvalue weighted by Crippen LogP contribution is 2.35. The van der Waals surface area contributed by atoms with E-state index in [0.29, 0.717) is 43.5 Å². The zero-order valence-electron chi connectivity index (χ0n) is 16.2. The van der Waals surface area contributed by atoms with E-state index in [-0.39, 0.29) is 18.5 Å². The summed E-state index contributed by atoms with van der Waals surface area (Å²) in [6, 6.07) is 14.5. The first kappa shape index (κ1) is 18.2. The zero-order valence-corrected chi connectivity index (χ0v) is 16.2. The number of hydrogen-bond donors (Lipinski definition) is 1. The van der Waals surface area contributed by atoms with Crippen LogP contribution in [0.1, 0.15) is 0 Å². The number of fused-ring (bicyclic) bond motifs is 2. The summed E-state index contributed by atoms with van der Waals surface area (Å²) in [6.45, 7) is 1.96. The fraction of sp³-hybridized carbons (Fsp3) is 0.227. The Hall–Kier alpha value is -3.81. The molecule has 2 aliphatic heterocycles. The predicted octanol–water partition coefficient (Wildman–Crippen LogP) is 2.89. The lowest BCUT2D eigenvalue weighted by molar-refractivity contribution is -0.116. The minimum Gasteiger partial charge on any atom is -0.486 e. The average Bonchev–Trinajstić information content (AvgIpc) is 3.13. The molecule has 8 heteroatoms. The number of hydrogen-bond acceptors (Lipinski definition) is 5. The molecular weight excluding hydrogens is 384 g/mol. The summed E-state index contributed by atoms with van der Waals surface area (Å²) in [4.78, 5) is 33.0. The molecule has 0 spiro atoms. The third kappa shape index (κ3) is 3.36. The Morgan fingerprint density at radius 3 is 2.80 bits per heavy atom. The molecule has 3 amide bonds. The van der Waals surface area contributed by atoms with Gasteiger partial charge in [0.25, 0.3) is 0 Å². The molecule has 0 bridgehead atoms. The summed E-state index contributed by atoms with van der Waals surface area (Å²) < 4.78 is 11.1. The number of aromatic nitrogens is 1. The molecule has 3 aromatic rings. The first-order valence-electron chi connectivity index (χ1n) is 9.79. The number of urea groups is 1. The molecule has 5 rings (SSSR count). The van der Waals surface area contributed by atoms with Crippen LogP contribution in [0.25, 0.3) is 10.9 Å². The smallest absolute Gasteiger partial charge is 0.325 e. The van der Waals surface area contributed by atoms with E-state index in [1.807, 2.05) is 36.4 Å². The van der Waals surface area contributed by atoms with Crippen molar-refractivity contribution in [1.82, 2.24) is 9.88 Å². The van der Waals surface area contributed by atoms with Crippen LogP contribution >= 0.6 is 0 Å². The summed E-state index contributed by atoms with van der Waals surface area (Å²) >= 11 is 0. The Balaban J connectivity index is 1.27. The van der Waals surface area contributed by atoms with E-state index in [0.717, 1.165) is 16.6 Å². The normalized spacial score (nSPS) is 15.5. The molecule has 0 atom stereocenters. The fourth-order valence-electron chi connectivity index (χ4n) is 3.74. The monoisotopic (exact) mass is 404 g/mol. The summed E-state index contributed by atoms with van der Waals surface area (Å²) in [6.07, 6.45) is 1.71. The highest BCUT2D eigenvalue weighted by Gasteiger charge is 2.31. The van der Waals surface area contributed by atoms with Gasteiger partial charge >= 0.3 is 6.03 Å². The lowest BCUT2D eigenvalue weighted by Gasteiger charge is -2.22. The van der Waals surface area contributed by atoms with Crippen molar-refractivity contribution in [3.63, 3.8) is 0 Å². The molecule has 1 fully saturated rings. The van der Waals surface area contributed by atoms with Gasteiger partial charge in [0.2, 0.25) is 5.91 Å². The van der Waals surface area contributed by atoms with Crippen LogP contribution in [0.4, 0.5) is 16.2 Å². The molecule has 0 aliphatic carbocycles. The van der Waals surface area contributed by atoms with Gasteiger partial charge in [-0.3, -0.25) is 14.7 Å². The maximum Gasteiger partial charge on any atom is 0.325 e. The number of nitrogens with one attached hydrogen (secondary N) is 1. The standard InChI is InChI=1S/C22H20N4O4/c27-21(24-18-5-1-4-17-16(18)3-2-8-23-17)14-25-9-10-26(22(25)28)15-6-7-19-20(13-15)30-12-11-29-19/h1-8,13H,9-12,14H2,(H,24,27). The molecule has 8 nitrogen and oxygen atoms in total. The number of benzene rings is 2. The highest BCUT2D eigenvalue weighted by atomic mass is 16.6. The molecule has 1 N–H and O–H groups in total. The van der Waals surface area contributed by atoms with Gasteiger partial charge in [-0.2, -0.15) is 0 Å². The van der Waals surface area contributed by atoms with Crippen molar-refractivity contribution < 1.29 is 19.1 Å². The van der Waals surface area contributed by atoms with E-state index < -0.39 is 0 Å². The Kier molecular flexibility index (Phi) is 4.59. The van der Waals surface area contributed by atoms with E-state index in [4.69, 9.17) is 9.47 Å². The number of rotatable bonds is 4. The van der Waals surface area contributed by atoms with E-state index in [9.17, 15) is 9.59 Å². The quantitative estimate of drug-likeness (QED) is 0.723. The Labute approximate surface area is 173 Å². The summed E-state index contributed by atoms with van der Waals surface area (Å²) in [5.41, 5.74) is 2.21. The van der Waals surface area contributed by atoms with E-state index >= 15 is 0 Å². The van der Waals surface area contributed by atoms with Crippen LogP contribution in [-0.4, -0.2) is 54.7 Å². The van der Waals surface area contributed by atoms with Gasteiger partial charge in [-0.25, -0.2) is 4.79 Å². The molecule has 0 unspecified atom stereocenters. The van der Waals surface area contributed by atoms with E-state index in [1.54, 1.807) is 23.2 Å². The third-order valence-electron chi connectivity index (χ3n) is 5.19. The molecule has 1 aromatic heterocycles. The summed E-state index contributed by atoms with van der Waals surface area (Å²) in [5.74, 6) is 1.06. The van der Waals surface area contributed by atoms with Gasteiger partial charge in [-0.05, 0) is 36.4 Å². The second-order valence-electron chi connectivity index (χ2n) is 7.11. The molecule has 152 valence electrons. The first-order chi connectivity index (χ1) is 14.7. The second kappa shape index (κ2) is 7.55. The number of nitrogens with zero attached hydrogens (tertiary/aromatic N) is 3. The van der Waals surface area contributed by atoms with Crippen LogP contribution in [-0.2, 0) is 4.79 Å². The van der Waals surface area contributed by atoms with Gasteiger partial charge in [0.15, 0.2) is 11.5 Å². The molecular formula is C22H20N4O4. The summed E-state index contributed by atoms with van der Waals surface area (Å²) in [5, 5.41) is 3.76. The molecule has 30 heavy (non-hydrogen) atoms. The number of ether oxygens (including phenoxy) is 2. The van der Waals surface area contributed by atoms with Crippen molar-refractivity contribution >= 4 is 34.2 Å². The Morgan fingerprint density at radius 1 is 1.03 bits per heavy atom. The van der Waals surface area contributed by atoms with Crippen LogP contribution in [0, 0.1) is 0 Å². The largest absolute Gasteiger partial charge is 0.486 e. The second-order valence-corrected chi connectivity index (χ2v) is 7.11. The third-order valence-corrected chi connectivity index (χ3v) is 5.19. The van der Waals surface area contributed by atoms with Gasteiger partial charge in [-0.1, -0.05) is 6.07 Å². The fourth-order valence-corrected chi connectivity index (χ4v) is 3.74. The SMILES string of the molecule is O=C(CN1CCN(c2ccc3c(c2)OCCO3)C1=O)Nc1cccc2ncccc12. The minimum atomic E-state index is -0.247. The predicted molar refractivity (Wildman–Crippen MR) is 112 cm³/mol. The summed E-state index contributed by atoms with van der Waals surface area (Å²) in [7, 11) is 0. The molecule has 1 saturated heterocycles. The molecule has 0 saturated carbocycles. The highest BCUT2D eigenvalue weighted by molar-refractivity contribution is 6.03. The lowest BCUT2D eigenvalue weighted by Crippen LogP contribution is -2.37. The first-order valence-corrected chi connectivity index (χ1v) is 9.79. The van der Waals surface area contributed by atoms with Crippen molar-refractivity contribution in [2.45, 2.75) is 0 Å². The Bertz CT molecular complexity index is 1130. The number of amides is 3. The van der Waals surface area contributed by atoms with Gasteiger partial charge in [0.05, 0.1) is 11.2 Å². The van der Waals surface area contributed by atoms with Crippen LogP contribution in [0.5, 0.6) is 11.5 Å². The maximum absolute atomic E-state index is 12.9. The van der Waals surface area contributed by atoms with Crippen molar-refractivity contribution in [3.8, 4) is 11.5 Å². The Morgan fingerprint density at radius 2 is 1.90 bits per heavy atom. The van der Waals surface area contributed by atoms with Gasteiger partial charge in [0, 0.05) is 36.4 Å². The number of carbonyl (C=O) groups excluding carboxylic acids is 2. The number of anilines is 2. The van der Waals surface area contributed by atoms with Crippen molar-refractivity contribution in [2.24, 2.45) is 0 Å². The van der Waals surface area contributed by atoms with E-state index in [2.05, 4.69) is 10.3 Å². The van der Waals surface area contributed by atoms with Gasteiger partial charge in [0.1, 0.15) is 19.8 Å². The number of carbonyl (C=O) groups is 2. The van der Waals surface area contributed by atoms with Gasteiger partial charge in [-0.15, -0.1) is 0 Å². The topological polar surface area (TPSA) is 84.0 Å². The van der Waals surface area contributed by atoms with Crippen LogP contribution < -0.4 is 19.7 Å². The average molecular weight is 404 g/mol. The molecule has 2 aliphatic rings. The molecule has 0 radical (unpaired) electrons. The van der Waals surface area contributed by atoms with Crippen LogP contribution in [0.15, 0.2) is 54.7 Å². The minimum absolute atomic E-state index is 0.0173.